The Morgan fingerprint density at radius 1 is 1.11 bits per heavy atom. The Morgan fingerprint density at radius 3 is 2.57 bits per heavy atom. The number of pyridine rings is 1. The van der Waals surface area contributed by atoms with Crippen molar-refractivity contribution in [1.82, 2.24) is 4.98 Å². The van der Waals surface area contributed by atoms with E-state index < -0.39 is 0 Å². The number of rotatable bonds is 9. The van der Waals surface area contributed by atoms with Crippen LogP contribution in [0.25, 0.3) is 5.43 Å². The quantitative estimate of drug-likeness (QED) is 0.221. The van der Waals surface area contributed by atoms with Gasteiger partial charge in [-0.05, 0) is 75.9 Å². The zero-order valence-corrected chi connectivity index (χ0v) is 21.3. The average molecular weight is 479 g/mol. The van der Waals surface area contributed by atoms with Crippen molar-refractivity contribution in [3.05, 3.63) is 101 Å². The summed E-state index contributed by atoms with van der Waals surface area (Å²) in [6, 6.07) is 20.3. The van der Waals surface area contributed by atoms with Crippen LogP contribution in [0.15, 0.2) is 95.1 Å². The van der Waals surface area contributed by atoms with Crippen molar-refractivity contribution in [2.75, 3.05) is 16.3 Å². The summed E-state index contributed by atoms with van der Waals surface area (Å²) >= 11 is 5.29. The summed E-state index contributed by atoms with van der Waals surface area (Å²) in [7, 11) is 0. The van der Waals surface area contributed by atoms with Crippen LogP contribution in [0.3, 0.4) is 0 Å². The van der Waals surface area contributed by atoms with Crippen LogP contribution >= 0.6 is 27.9 Å². The molecule has 0 radical (unpaired) electrons. The average Bonchev–Trinajstić information content (AvgIpc) is 2.71. The standard InChI is InChI=1S/C21H20BrN4S.K/c1-2-14-26(27-21-8-4-3-7-20(21)22)19-11-9-18(10-12-19)25-24-16-17-6-5-13-23-15-17;/h2-13,15,25H,1,14,16H2;/q-1;+1. The molecular formula is C21H20BrKN4S. The Bertz CT molecular complexity index is 862. The smallest absolute Gasteiger partial charge is 0.567 e. The summed E-state index contributed by atoms with van der Waals surface area (Å²) in [6.45, 7) is 5.20. The number of aromatic nitrogens is 1. The van der Waals surface area contributed by atoms with Gasteiger partial charge in [0.15, 0.2) is 0 Å². The number of halogens is 1. The van der Waals surface area contributed by atoms with Crippen molar-refractivity contribution in [2.45, 2.75) is 11.4 Å². The fraction of sp³-hybridized carbons (Fsp3) is 0.0952. The fourth-order valence-corrected chi connectivity index (χ4v) is 3.81. The molecule has 2 aromatic carbocycles. The zero-order valence-electron chi connectivity index (χ0n) is 15.8. The fourth-order valence-electron chi connectivity index (χ4n) is 2.37. The molecule has 0 saturated carbocycles. The summed E-state index contributed by atoms with van der Waals surface area (Å²) in [5.41, 5.74) is 10.6. The molecule has 0 atom stereocenters. The van der Waals surface area contributed by atoms with Crippen molar-refractivity contribution >= 4 is 39.3 Å². The molecule has 0 fully saturated rings. The van der Waals surface area contributed by atoms with Crippen molar-refractivity contribution < 1.29 is 51.4 Å². The van der Waals surface area contributed by atoms with Gasteiger partial charge in [-0.15, -0.1) is 13.1 Å². The first-order valence-electron chi connectivity index (χ1n) is 8.48. The molecule has 0 aliphatic rings. The van der Waals surface area contributed by atoms with Crippen LogP contribution in [0.4, 0.5) is 11.4 Å². The normalized spacial score (nSPS) is 10.0. The van der Waals surface area contributed by atoms with Crippen molar-refractivity contribution in [1.29, 1.82) is 0 Å². The van der Waals surface area contributed by atoms with Gasteiger partial charge < -0.3 is 15.2 Å². The molecule has 7 heteroatoms. The molecule has 3 rings (SSSR count). The summed E-state index contributed by atoms with van der Waals surface area (Å²) in [5, 5.41) is 0. The van der Waals surface area contributed by atoms with Gasteiger partial charge in [-0.25, -0.2) is 0 Å². The first-order valence-corrected chi connectivity index (χ1v) is 10.1. The largest absolute Gasteiger partial charge is 1.00 e. The number of benzene rings is 2. The van der Waals surface area contributed by atoms with Crippen LogP contribution in [-0.4, -0.2) is 11.5 Å². The third-order valence-electron chi connectivity index (χ3n) is 3.69. The molecule has 0 amide bonds. The predicted molar refractivity (Wildman–Crippen MR) is 119 cm³/mol. The molecule has 0 unspecified atom stereocenters. The summed E-state index contributed by atoms with van der Waals surface area (Å²) in [4.78, 5) is 5.25. The topological polar surface area (TPSA) is 42.3 Å². The van der Waals surface area contributed by atoms with Crippen LogP contribution in [0.5, 0.6) is 0 Å². The zero-order chi connectivity index (χ0) is 18.9. The van der Waals surface area contributed by atoms with Gasteiger partial charge in [-0.3, -0.25) is 4.98 Å². The molecule has 0 bridgehead atoms. The Labute approximate surface area is 221 Å². The maximum Gasteiger partial charge on any atom is 1.00 e. The van der Waals surface area contributed by atoms with Gasteiger partial charge in [-0.2, -0.15) is 0 Å². The number of nitrogens with one attached hydrogen (secondary N) is 1. The summed E-state index contributed by atoms with van der Waals surface area (Å²) in [6.07, 6.45) is 5.48. The van der Waals surface area contributed by atoms with Crippen LogP contribution < -0.4 is 61.1 Å². The third kappa shape index (κ3) is 7.31. The molecule has 0 aliphatic carbocycles. The second-order valence-electron chi connectivity index (χ2n) is 5.71. The number of nitrogens with zero attached hydrogens (tertiary/aromatic N) is 3. The molecule has 1 heterocycles. The summed E-state index contributed by atoms with van der Waals surface area (Å²) < 4.78 is 3.28. The Hall–Kier alpha value is -0.644. The monoisotopic (exact) mass is 478 g/mol. The Kier molecular flexibility index (Phi) is 10.8. The number of hydrogen-bond acceptors (Lipinski definition) is 4. The maximum absolute atomic E-state index is 4.37. The third-order valence-corrected chi connectivity index (χ3v) is 5.77. The van der Waals surface area contributed by atoms with E-state index in [2.05, 4.69) is 60.8 Å². The van der Waals surface area contributed by atoms with Crippen molar-refractivity contribution in [3.8, 4) is 0 Å². The number of hydrogen-bond donors (Lipinski definition) is 1. The second-order valence-corrected chi connectivity index (χ2v) is 7.63. The molecule has 3 aromatic rings. The molecule has 0 spiro atoms. The molecule has 28 heavy (non-hydrogen) atoms. The van der Waals surface area contributed by atoms with Gasteiger partial charge in [-0.1, -0.05) is 24.3 Å². The molecule has 0 saturated heterocycles. The van der Waals surface area contributed by atoms with Crippen LogP contribution in [-0.2, 0) is 6.54 Å². The van der Waals surface area contributed by atoms with E-state index in [4.69, 9.17) is 0 Å². The van der Waals surface area contributed by atoms with Crippen molar-refractivity contribution in [2.24, 2.45) is 0 Å². The van der Waals surface area contributed by atoms with E-state index in [9.17, 15) is 0 Å². The molecule has 1 aromatic heterocycles. The van der Waals surface area contributed by atoms with Crippen molar-refractivity contribution in [3.63, 3.8) is 0 Å². The minimum Gasteiger partial charge on any atom is -0.567 e. The van der Waals surface area contributed by atoms with E-state index in [1.54, 1.807) is 18.1 Å². The predicted octanol–water partition coefficient (Wildman–Crippen LogP) is 3.45. The Balaban J connectivity index is 0.00000280. The van der Waals surface area contributed by atoms with Gasteiger partial charge in [0, 0.05) is 39.7 Å². The first-order chi connectivity index (χ1) is 13.3. The van der Waals surface area contributed by atoms with E-state index >= 15 is 0 Å². The Morgan fingerprint density at radius 2 is 1.89 bits per heavy atom. The van der Waals surface area contributed by atoms with E-state index in [0.717, 1.165) is 32.9 Å². The molecule has 138 valence electrons. The van der Waals surface area contributed by atoms with E-state index in [-0.39, 0.29) is 51.4 Å². The van der Waals surface area contributed by atoms with Gasteiger partial charge in [0.1, 0.15) is 0 Å². The van der Waals surface area contributed by atoms with Gasteiger partial charge in [0.05, 0.1) is 0 Å². The number of anilines is 2. The maximum atomic E-state index is 4.37. The molecule has 0 aliphatic heterocycles. The molecule has 1 N–H and O–H groups in total. The van der Waals surface area contributed by atoms with E-state index in [1.165, 1.54) is 0 Å². The van der Waals surface area contributed by atoms with Crippen LogP contribution in [0.1, 0.15) is 5.56 Å². The van der Waals surface area contributed by atoms with E-state index in [1.807, 2.05) is 54.7 Å². The van der Waals surface area contributed by atoms with Crippen LogP contribution in [0, 0.1) is 0 Å². The second kappa shape index (κ2) is 12.8. The van der Waals surface area contributed by atoms with Crippen LogP contribution in [0.2, 0.25) is 0 Å². The van der Waals surface area contributed by atoms with Gasteiger partial charge in [0.2, 0.25) is 0 Å². The minimum absolute atomic E-state index is 0. The first kappa shape index (κ1) is 23.6. The van der Waals surface area contributed by atoms with Gasteiger partial charge >= 0.3 is 51.4 Å². The van der Waals surface area contributed by atoms with Gasteiger partial charge in [0.25, 0.3) is 0 Å². The minimum atomic E-state index is 0. The summed E-state index contributed by atoms with van der Waals surface area (Å²) in [5.74, 6) is 0. The van der Waals surface area contributed by atoms with E-state index in [0.29, 0.717) is 6.54 Å². The SMILES string of the molecule is C=CCN(Sc1ccccc1Br)c1ccc(N[N-]Cc2cccnc2)cc1.[K+]. The molecular weight excluding hydrogens is 459 g/mol. The molecule has 4 nitrogen and oxygen atoms in total.